The number of nitrogens with zero attached hydrogens (tertiary/aromatic N) is 2. The second-order valence-electron chi connectivity index (χ2n) is 9.71. The molecule has 1 amide bonds. The maximum absolute atomic E-state index is 13.6. The average molecular weight is 519 g/mol. The molecule has 1 atom stereocenters. The molecule has 0 spiro atoms. The van der Waals surface area contributed by atoms with Crippen molar-refractivity contribution in [2.24, 2.45) is 0 Å². The maximum atomic E-state index is 13.6. The summed E-state index contributed by atoms with van der Waals surface area (Å²) in [5.41, 5.74) is 4.04. The molecule has 2 aliphatic rings. The quantitative estimate of drug-likeness (QED) is 0.324. The lowest BCUT2D eigenvalue weighted by atomic mass is 9.95. The molecule has 1 aliphatic heterocycles. The molecule has 1 saturated carbocycles. The SMILES string of the molecule is Cc1nc(Cl)c(-c2cc(C3(NC(=O)c4cc(OC[C@@H]5CCN5)ccc4C)CC3)c3cccnc3c2)s1. The van der Waals surface area contributed by atoms with Crippen molar-refractivity contribution in [3.8, 4) is 16.2 Å². The number of hydrogen-bond donors (Lipinski definition) is 2. The molecule has 2 fully saturated rings. The largest absolute Gasteiger partial charge is 0.492 e. The summed E-state index contributed by atoms with van der Waals surface area (Å²) in [6.07, 6.45) is 4.64. The number of ether oxygens (including phenoxy) is 1. The number of aromatic nitrogens is 2. The van der Waals surface area contributed by atoms with Gasteiger partial charge in [0.05, 0.1) is 20.9 Å². The van der Waals surface area contributed by atoms with E-state index in [0.29, 0.717) is 23.4 Å². The van der Waals surface area contributed by atoms with Crippen molar-refractivity contribution in [1.29, 1.82) is 0 Å². The van der Waals surface area contributed by atoms with E-state index in [1.807, 2.05) is 38.1 Å². The molecule has 0 unspecified atom stereocenters. The van der Waals surface area contributed by atoms with Crippen LogP contribution in [0.5, 0.6) is 5.75 Å². The summed E-state index contributed by atoms with van der Waals surface area (Å²) in [6, 6.07) is 14.3. The predicted molar refractivity (Wildman–Crippen MR) is 144 cm³/mol. The summed E-state index contributed by atoms with van der Waals surface area (Å²) in [7, 11) is 0. The zero-order valence-electron chi connectivity index (χ0n) is 20.2. The van der Waals surface area contributed by atoms with Crippen LogP contribution in [-0.4, -0.2) is 35.1 Å². The number of carbonyl (C=O) groups excluding carboxylic acids is 1. The molecule has 2 N–H and O–H groups in total. The van der Waals surface area contributed by atoms with Crippen LogP contribution in [0, 0.1) is 13.8 Å². The van der Waals surface area contributed by atoms with Crippen LogP contribution in [0.2, 0.25) is 5.15 Å². The van der Waals surface area contributed by atoms with Gasteiger partial charge in [-0.1, -0.05) is 23.7 Å². The molecule has 6 nitrogen and oxygen atoms in total. The highest BCUT2D eigenvalue weighted by molar-refractivity contribution is 7.15. The molecular formula is C28H27ClN4O2S. The third-order valence-electron chi connectivity index (χ3n) is 7.12. The molecule has 2 aromatic carbocycles. The first-order valence-corrected chi connectivity index (χ1v) is 13.4. The first kappa shape index (κ1) is 23.4. The van der Waals surface area contributed by atoms with Crippen molar-refractivity contribution >= 4 is 39.7 Å². The van der Waals surface area contributed by atoms with Gasteiger partial charge in [-0.05, 0) is 86.7 Å². The van der Waals surface area contributed by atoms with Gasteiger partial charge in [0.1, 0.15) is 17.5 Å². The first-order chi connectivity index (χ1) is 17.4. The van der Waals surface area contributed by atoms with Crippen LogP contribution >= 0.6 is 22.9 Å². The fraction of sp³-hybridized carbons (Fsp3) is 0.321. The van der Waals surface area contributed by atoms with Crippen LogP contribution in [-0.2, 0) is 5.54 Å². The standard InChI is InChI=1S/C28H27ClN4O2S/c1-16-5-6-20(35-15-19-7-11-30-19)14-22(16)27(34)33-28(8-9-28)23-12-18(25-26(29)32-17(2)36-25)13-24-21(23)4-3-10-31-24/h3-6,10,12-14,19,30H,7-9,11,15H2,1-2H3,(H,33,34)/t19-/m0/s1. The molecule has 1 saturated heterocycles. The number of thiazole rings is 1. The van der Waals surface area contributed by atoms with Crippen LogP contribution in [0.4, 0.5) is 0 Å². The molecule has 6 rings (SSSR count). The highest BCUT2D eigenvalue weighted by Gasteiger charge is 2.47. The van der Waals surface area contributed by atoms with Gasteiger partial charge in [0.2, 0.25) is 0 Å². The third kappa shape index (κ3) is 4.36. The summed E-state index contributed by atoms with van der Waals surface area (Å²) < 4.78 is 5.95. The minimum Gasteiger partial charge on any atom is -0.492 e. The van der Waals surface area contributed by atoms with Crippen LogP contribution in [0.1, 0.15) is 45.8 Å². The number of rotatable bonds is 7. The molecule has 1 aliphatic carbocycles. The molecule has 3 heterocycles. The van der Waals surface area contributed by atoms with E-state index in [2.05, 4.69) is 38.8 Å². The summed E-state index contributed by atoms with van der Waals surface area (Å²) in [6.45, 7) is 5.56. The van der Waals surface area contributed by atoms with Crippen molar-refractivity contribution in [3.05, 3.63) is 75.5 Å². The van der Waals surface area contributed by atoms with Crippen LogP contribution < -0.4 is 15.4 Å². The number of hydrogen-bond acceptors (Lipinski definition) is 6. The van der Waals surface area contributed by atoms with Crippen LogP contribution in [0.3, 0.4) is 0 Å². The van der Waals surface area contributed by atoms with Crippen molar-refractivity contribution in [2.75, 3.05) is 13.2 Å². The Balaban J connectivity index is 1.33. The number of amides is 1. The van der Waals surface area contributed by atoms with Crippen molar-refractivity contribution in [2.45, 2.75) is 44.7 Å². The number of pyridine rings is 1. The Morgan fingerprint density at radius 1 is 1.25 bits per heavy atom. The van der Waals surface area contributed by atoms with Gasteiger partial charge in [0.25, 0.3) is 5.91 Å². The zero-order valence-corrected chi connectivity index (χ0v) is 21.8. The Bertz CT molecular complexity index is 1480. The van der Waals surface area contributed by atoms with Crippen molar-refractivity contribution in [1.82, 2.24) is 20.6 Å². The monoisotopic (exact) mass is 518 g/mol. The van der Waals surface area contributed by atoms with Gasteiger partial charge in [-0.3, -0.25) is 9.78 Å². The van der Waals surface area contributed by atoms with Gasteiger partial charge in [-0.2, -0.15) is 0 Å². The Kier molecular flexibility index (Phi) is 5.94. The van der Waals surface area contributed by atoms with Crippen molar-refractivity contribution < 1.29 is 9.53 Å². The fourth-order valence-corrected chi connectivity index (χ4v) is 5.98. The summed E-state index contributed by atoms with van der Waals surface area (Å²) in [5, 5.41) is 9.15. The number of nitrogens with one attached hydrogen (secondary N) is 2. The highest BCUT2D eigenvalue weighted by Crippen LogP contribution is 2.50. The van der Waals surface area contributed by atoms with E-state index in [4.69, 9.17) is 16.3 Å². The van der Waals surface area contributed by atoms with Gasteiger partial charge in [0.15, 0.2) is 0 Å². The lowest BCUT2D eigenvalue weighted by Crippen LogP contribution is -2.46. The molecular weight excluding hydrogens is 492 g/mol. The lowest BCUT2D eigenvalue weighted by molar-refractivity contribution is 0.0930. The van der Waals surface area contributed by atoms with E-state index >= 15 is 0 Å². The average Bonchev–Trinajstić information content (AvgIpc) is 3.53. The Hall–Kier alpha value is -3.00. The van der Waals surface area contributed by atoms with E-state index in [0.717, 1.165) is 69.0 Å². The fourth-order valence-electron chi connectivity index (χ4n) is 4.78. The molecule has 0 bridgehead atoms. The van der Waals surface area contributed by atoms with Crippen LogP contribution in [0.15, 0.2) is 48.7 Å². The molecule has 2 aromatic heterocycles. The minimum absolute atomic E-state index is 0.0914. The van der Waals surface area contributed by atoms with Gasteiger partial charge >= 0.3 is 0 Å². The maximum Gasteiger partial charge on any atom is 0.252 e. The van der Waals surface area contributed by atoms with Gasteiger partial charge in [-0.15, -0.1) is 11.3 Å². The molecule has 184 valence electrons. The Morgan fingerprint density at radius 3 is 2.78 bits per heavy atom. The smallest absolute Gasteiger partial charge is 0.252 e. The molecule has 8 heteroatoms. The molecule has 0 radical (unpaired) electrons. The van der Waals surface area contributed by atoms with E-state index in [1.165, 1.54) is 0 Å². The van der Waals surface area contributed by atoms with E-state index < -0.39 is 5.54 Å². The molecule has 36 heavy (non-hydrogen) atoms. The normalized spacial score (nSPS) is 18.0. The number of carbonyl (C=O) groups is 1. The second-order valence-corrected chi connectivity index (χ2v) is 11.3. The molecule has 4 aromatic rings. The number of halogens is 1. The highest BCUT2D eigenvalue weighted by atomic mass is 35.5. The number of aryl methyl sites for hydroxylation is 2. The second kappa shape index (κ2) is 9.14. The van der Waals surface area contributed by atoms with E-state index in [9.17, 15) is 4.79 Å². The Morgan fingerprint density at radius 2 is 2.08 bits per heavy atom. The number of benzene rings is 2. The van der Waals surface area contributed by atoms with E-state index in [-0.39, 0.29) is 5.91 Å². The van der Waals surface area contributed by atoms with E-state index in [1.54, 1.807) is 17.5 Å². The summed E-state index contributed by atoms with van der Waals surface area (Å²) in [4.78, 5) is 23.5. The summed E-state index contributed by atoms with van der Waals surface area (Å²) in [5.74, 6) is 0.627. The van der Waals surface area contributed by atoms with Crippen molar-refractivity contribution in [3.63, 3.8) is 0 Å². The predicted octanol–water partition coefficient (Wildman–Crippen LogP) is 5.79. The van der Waals surface area contributed by atoms with Gasteiger partial charge in [0, 0.05) is 23.2 Å². The first-order valence-electron chi connectivity index (χ1n) is 12.2. The number of fused-ring (bicyclic) bond motifs is 1. The minimum atomic E-state index is -0.445. The Labute approximate surface area is 219 Å². The van der Waals surface area contributed by atoms with Gasteiger partial charge < -0.3 is 15.4 Å². The van der Waals surface area contributed by atoms with Crippen LogP contribution in [0.25, 0.3) is 21.3 Å². The topological polar surface area (TPSA) is 76.1 Å². The third-order valence-corrected chi connectivity index (χ3v) is 8.53. The lowest BCUT2D eigenvalue weighted by Gasteiger charge is -2.27. The summed E-state index contributed by atoms with van der Waals surface area (Å²) >= 11 is 8.03. The zero-order chi connectivity index (χ0) is 24.9. The van der Waals surface area contributed by atoms with Gasteiger partial charge in [-0.25, -0.2) is 4.98 Å².